The van der Waals surface area contributed by atoms with Crippen LogP contribution in [0.25, 0.3) is 0 Å². The Kier molecular flexibility index (Phi) is 3.96. The number of ether oxygens (including phenoxy) is 1. The Hall–Kier alpha value is -1.67. The number of nitrogens with two attached hydrogens (primary N) is 1. The summed E-state index contributed by atoms with van der Waals surface area (Å²) < 4.78 is 32.8. The SMILES string of the molecule is NC1=NC(=O)CCC(C2OC(C=O)C(O)C2(F)F)C=C1. The van der Waals surface area contributed by atoms with E-state index in [0.29, 0.717) is 0 Å². The fourth-order valence-corrected chi connectivity index (χ4v) is 2.31. The third kappa shape index (κ3) is 2.61. The van der Waals surface area contributed by atoms with Crippen molar-refractivity contribution in [3.05, 3.63) is 12.2 Å². The number of nitrogens with zero attached hydrogens (tertiary/aromatic N) is 1. The van der Waals surface area contributed by atoms with Crippen molar-refractivity contribution in [3.8, 4) is 0 Å². The molecule has 110 valence electrons. The number of carbonyl (C=O) groups excluding carboxylic acids is 2. The van der Waals surface area contributed by atoms with Gasteiger partial charge in [-0.05, 0) is 12.5 Å². The Morgan fingerprint density at radius 1 is 1.55 bits per heavy atom. The molecule has 1 saturated heterocycles. The van der Waals surface area contributed by atoms with E-state index in [-0.39, 0.29) is 25.0 Å². The van der Waals surface area contributed by atoms with Gasteiger partial charge in [0.25, 0.3) is 0 Å². The number of hydrogen-bond acceptors (Lipinski definition) is 5. The van der Waals surface area contributed by atoms with Gasteiger partial charge in [-0.2, -0.15) is 4.99 Å². The van der Waals surface area contributed by atoms with Gasteiger partial charge >= 0.3 is 5.92 Å². The van der Waals surface area contributed by atoms with E-state index in [1.54, 1.807) is 0 Å². The molecule has 8 heteroatoms. The summed E-state index contributed by atoms with van der Waals surface area (Å²) in [4.78, 5) is 25.5. The van der Waals surface area contributed by atoms with Crippen LogP contribution in [0.15, 0.2) is 17.1 Å². The van der Waals surface area contributed by atoms with E-state index in [1.165, 1.54) is 12.2 Å². The second kappa shape index (κ2) is 5.37. The molecular formula is C12H14F2N2O4. The predicted molar refractivity (Wildman–Crippen MR) is 64.2 cm³/mol. The van der Waals surface area contributed by atoms with Gasteiger partial charge in [0.15, 0.2) is 12.4 Å². The summed E-state index contributed by atoms with van der Waals surface area (Å²) in [5.74, 6) is -5.00. The summed E-state index contributed by atoms with van der Waals surface area (Å²) in [7, 11) is 0. The second-order valence-electron chi connectivity index (χ2n) is 4.77. The largest absolute Gasteiger partial charge is 0.384 e. The summed E-state index contributed by atoms with van der Waals surface area (Å²) in [5.41, 5.74) is 5.41. The van der Waals surface area contributed by atoms with E-state index in [9.17, 15) is 23.5 Å². The molecule has 0 saturated carbocycles. The van der Waals surface area contributed by atoms with E-state index in [4.69, 9.17) is 10.5 Å². The van der Waals surface area contributed by atoms with E-state index < -0.39 is 36.1 Å². The molecule has 0 aromatic carbocycles. The highest BCUT2D eigenvalue weighted by Gasteiger charge is 2.60. The standard InChI is InChI=1S/C12H14F2N2O4/c13-12(14)10(19)7(5-17)20-11(12)6-1-3-8(15)16-9(18)4-2-6/h1,3,5-7,10-11,19H,2,4H2,(H2,15,16,18). The molecule has 1 amide bonds. The molecule has 2 rings (SSSR count). The highest BCUT2D eigenvalue weighted by molar-refractivity contribution is 6.00. The monoisotopic (exact) mass is 288 g/mol. The number of aldehydes is 1. The Labute approximate surface area is 113 Å². The number of amides is 1. The van der Waals surface area contributed by atoms with Crippen molar-refractivity contribution in [2.24, 2.45) is 16.6 Å². The number of amidine groups is 1. The van der Waals surface area contributed by atoms with Gasteiger partial charge in [-0.3, -0.25) is 4.79 Å². The van der Waals surface area contributed by atoms with Gasteiger partial charge in [0, 0.05) is 12.3 Å². The van der Waals surface area contributed by atoms with Crippen LogP contribution >= 0.6 is 0 Å². The van der Waals surface area contributed by atoms with E-state index >= 15 is 0 Å². The van der Waals surface area contributed by atoms with Crippen LogP contribution in [0.1, 0.15) is 12.8 Å². The predicted octanol–water partition coefficient (Wildman–Crippen LogP) is -0.201. The van der Waals surface area contributed by atoms with Crippen LogP contribution in [0.5, 0.6) is 0 Å². The number of rotatable bonds is 2. The number of carbonyl (C=O) groups is 2. The lowest BCUT2D eigenvalue weighted by molar-refractivity contribution is -0.127. The fraction of sp³-hybridized carbons (Fsp3) is 0.583. The van der Waals surface area contributed by atoms with E-state index in [0.717, 1.165) is 0 Å². The van der Waals surface area contributed by atoms with Gasteiger partial charge in [0.1, 0.15) is 18.0 Å². The van der Waals surface area contributed by atoms with Crippen molar-refractivity contribution >= 4 is 18.0 Å². The van der Waals surface area contributed by atoms with Crippen LogP contribution < -0.4 is 5.73 Å². The highest BCUT2D eigenvalue weighted by atomic mass is 19.3. The van der Waals surface area contributed by atoms with Crippen molar-refractivity contribution in [2.45, 2.75) is 37.1 Å². The number of aliphatic hydroxyl groups is 1. The lowest BCUT2D eigenvalue weighted by atomic mass is 9.90. The Bertz CT molecular complexity index is 478. The molecule has 0 aromatic rings. The van der Waals surface area contributed by atoms with Crippen molar-refractivity contribution < 1.29 is 28.2 Å². The Balaban J connectivity index is 2.24. The molecule has 0 radical (unpaired) electrons. The highest BCUT2D eigenvalue weighted by Crippen LogP contribution is 2.41. The molecule has 2 aliphatic heterocycles. The summed E-state index contributed by atoms with van der Waals surface area (Å²) in [5, 5.41) is 9.40. The van der Waals surface area contributed by atoms with Gasteiger partial charge in [0.2, 0.25) is 5.91 Å². The number of hydrogen-bond donors (Lipinski definition) is 2. The molecule has 6 nitrogen and oxygen atoms in total. The smallest absolute Gasteiger partial charge is 0.302 e. The second-order valence-corrected chi connectivity index (χ2v) is 4.77. The zero-order valence-electron chi connectivity index (χ0n) is 10.4. The van der Waals surface area contributed by atoms with Gasteiger partial charge in [0.05, 0.1) is 0 Å². The maximum absolute atomic E-state index is 13.9. The number of aliphatic imine (C=N–C) groups is 1. The van der Waals surface area contributed by atoms with Crippen molar-refractivity contribution in [1.82, 2.24) is 0 Å². The van der Waals surface area contributed by atoms with Crippen molar-refractivity contribution in [1.29, 1.82) is 0 Å². The van der Waals surface area contributed by atoms with Crippen LogP contribution in [0.3, 0.4) is 0 Å². The maximum Gasteiger partial charge on any atom is 0.302 e. The van der Waals surface area contributed by atoms with Gasteiger partial charge in [-0.1, -0.05) is 6.08 Å². The third-order valence-corrected chi connectivity index (χ3v) is 3.37. The van der Waals surface area contributed by atoms with Gasteiger partial charge in [-0.25, -0.2) is 8.78 Å². The molecule has 0 aromatic heterocycles. The number of halogens is 2. The first-order valence-electron chi connectivity index (χ1n) is 6.08. The Morgan fingerprint density at radius 3 is 2.85 bits per heavy atom. The third-order valence-electron chi connectivity index (χ3n) is 3.37. The quantitative estimate of drug-likeness (QED) is 0.685. The first kappa shape index (κ1) is 14.7. The topological polar surface area (TPSA) is 102 Å². The van der Waals surface area contributed by atoms with Crippen LogP contribution in [0.2, 0.25) is 0 Å². The van der Waals surface area contributed by atoms with E-state index in [1.807, 2.05) is 0 Å². The molecule has 0 aliphatic carbocycles. The molecule has 3 N–H and O–H groups in total. The van der Waals surface area contributed by atoms with Crippen LogP contribution in [-0.4, -0.2) is 47.4 Å². The summed E-state index contributed by atoms with van der Waals surface area (Å²) >= 11 is 0. The zero-order valence-corrected chi connectivity index (χ0v) is 10.4. The van der Waals surface area contributed by atoms with Gasteiger partial charge < -0.3 is 20.4 Å². The molecule has 20 heavy (non-hydrogen) atoms. The molecule has 2 aliphatic rings. The average Bonchev–Trinajstić information content (AvgIpc) is 2.60. The first-order valence-corrected chi connectivity index (χ1v) is 6.08. The fourth-order valence-electron chi connectivity index (χ4n) is 2.31. The Morgan fingerprint density at radius 2 is 2.25 bits per heavy atom. The lowest BCUT2D eigenvalue weighted by Gasteiger charge is -2.26. The number of aliphatic hydroxyl groups excluding tert-OH is 1. The minimum atomic E-state index is -3.57. The normalized spacial score (nSPS) is 37.1. The molecule has 2 heterocycles. The molecule has 1 fully saturated rings. The molecule has 4 atom stereocenters. The maximum atomic E-state index is 13.9. The van der Waals surface area contributed by atoms with Crippen molar-refractivity contribution in [3.63, 3.8) is 0 Å². The molecule has 0 spiro atoms. The minimum absolute atomic E-state index is 0.0620. The van der Waals surface area contributed by atoms with Crippen molar-refractivity contribution in [2.75, 3.05) is 0 Å². The van der Waals surface area contributed by atoms with Crippen LogP contribution in [0.4, 0.5) is 8.78 Å². The summed E-state index contributed by atoms with van der Waals surface area (Å²) in [6.45, 7) is 0. The van der Waals surface area contributed by atoms with Gasteiger partial charge in [-0.15, -0.1) is 0 Å². The number of alkyl halides is 2. The molecule has 0 bridgehead atoms. The minimum Gasteiger partial charge on any atom is -0.384 e. The molecular weight excluding hydrogens is 274 g/mol. The zero-order chi connectivity index (χ0) is 14.9. The van der Waals surface area contributed by atoms with E-state index in [2.05, 4.69) is 4.99 Å². The van der Waals surface area contributed by atoms with Crippen LogP contribution in [-0.2, 0) is 14.3 Å². The molecule has 4 unspecified atom stereocenters. The summed E-state index contributed by atoms with van der Waals surface area (Å²) in [6.07, 6.45) is -2.67. The first-order chi connectivity index (χ1) is 9.36. The average molecular weight is 288 g/mol. The lowest BCUT2D eigenvalue weighted by Crippen LogP contribution is -2.43. The van der Waals surface area contributed by atoms with Crippen LogP contribution in [0, 0.1) is 5.92 Å². The summed E-state index contributed by atoms with van der Waals surface area (Å²) in [6, 6.07) is 0.